The smallest absolute Gasteiger partial charge is 0.316 e. The highest BCUT2D eigenvalue weighted by atomic mass is 79.9. The van der Waals surface area contributed by atoms with Crippen molar-refractivity contribution in [3.63, 3.8) is 0 Å². The highest BCUT2D eigenvalue weighted by Gasteiger charge is 2.18. The van der Waals surface area contributed by atoms with E-state index in [0.717, 1.165) is 20.5 Å². The van der Waals surface area contributed by atoms with Crippen molar-refractivity contribution in [1.29, 1.82) is 0 Å². The Labute approximate surface area is 182 Å². The van der Waals surface area contributed by atoms with Crippen LogP contribution in [0.3, 0.4) is 0 Å². The van der Waals surface area contributed by atoms with E-state index in [1.807, 2.05) is 32.0 Å². The summed E-state index contributed by atoms with van der Waals surface area (Å²) >= 11 is 4.85. The zero-order valence-electron chi connectivity index (χ0n) is 16.3. The number of primary amides is 1. The molecule has 0 aliphatic rings. The SMILES string of the molecule is Cc1cc(SCC(=O)OCC(=O)N(CCC(N)=O)c2ccccc2)c(C)cc1Br. The van der Waals surface area contributed by atoms with Crippen LogP contribution in [0, 0.1) is 13.8 Å². The Balaban J connectivity index is 1.92. The molecule has 0 heterocycles. The summed E-state index contributed by atoms with van der Waals surface area (Å²) in [6, 6.07) is 12.9. The molecule has 0 aliphatic carbocycles. The molecule has 2 aromatic rings. The Kier molecular flexibility index (Phi) is 8.72. The molecule has 8 heteroatoms. The standard InChI is InChI=1S/C21H23BrN2O4S/c1-14-11-18(15(2)10-17(14)22)29-13-21(27)28-12-20(26)24(9-8-19(23)25)16-6-4-3-5-7-16/h3-7,10-11H,8-9,12-13H2,1-2H3,(H2,23,25). The first-order valence-electron chi connectivity index (χ1n) is 8.97. The minimum atomic E-state index is -0.507. The average molecular weight is 479 g/mol. The summed E-state index contributed by atoms with van der Waals surface area (Å²) in [5.74, 6) is -1.30. The lowest BCUT2D eigenvalue weighted by Gasteiger charge is -2.22. The number of nitrogens with two attached hydrogens (primary N) is 1. The van der Waals surface area contributed by atoms with Gasteiger partial charge < -0.3 is 15.4 Å². The van der Waals surface area contributed by atoms with Crippen molar-refractivity contribution >= 4 is 51.2 Å². The molecule has 2 N–H and O–H groups in total. The van der Waals surface area contributed by atoms with Gasteiger partial charge in [0.25, 0.3) is 5.91 Å². The van der Waals surface area contributed by atoms with E-state index in [4.69, 9.17) is 10.5 Å². The highest BCUT2D eigenvalue weighted by molar-refractivity contribution is 9.10. The molecule has 0 unspecified atom stereocenters. The molecule has 6 nitrogen and oxygen atoms in total. The van der Waals surface area contributed by atoms with Crippen molar-refractivity contribution in [1.82, 2.24) is 0 Å². The molecule has 0 aliphatic heterocycles. The van der Waals surface area contributed by atoms with Crippen LogP contribution in [0.15, 0.2) is 51.8 Å². The van der Waals surface area contributed by atoms with E-state index >= 15 is 0 Å². The fraction of sp³-hybridized carbons (Fsp3) is 0.286. The number of thioether (sulfide) groups is 1. The minimum Gasteiger partial charge on any atom is -0.455 e. The van der Waals surface area contributed by atoms with Gasteiger partial charge in [-0.1, -0.05) is 34.1 Å². The van der Waals surface area contributed by atoms with Gasteiger partial charge in [0.05, 0.1) is 5.75 Å². The lowest BCUT2D eigenvalue weighted by molar-refractivity contribution is -0.145. The van der Waals surface area contributed by atoms with E-state index < -0.39 is 24.4 Å². The summed E-state index contributed by atoms with van der Waals surface area (Å²) in [6.07, 6.45) is 0.0205. The van der Waals surface area contributed by atoms with Gasteiger partial charge in [-0.25, -0.2) is 0 Å². The Morgan fingerprint density at radius 3 is 2.45 bits per heavy atom. The number of amides is 2. The molecule has 0 radical (unpaired) electrons. The largest absolute Gasteiger partial charge is 0.455 e. The summed E-state index contributed by atoms with van der Waals surface area (Å²) < 4.78 is 6.17. The number of esters is 1. The highest BCUT2D eigenvalue weighted by Crippen LogP contribution is 2.28. The van der Waals surface area contributed by atoms with E-state index in [2.05, 4.69) is 15.9 Å². The number of rotatable bonds is 9. The first kappa shape index (κ1) is 23.0. The summed E-state index contributed by atoms with van der Waals surface area (Å²) in [4.78, 5) is 38.2. The van der Waals surface area contributed by atoms with E-state index in [1.165, 1.54) is 16.7 Å². The van der Waals surface area contributed by atoms with Crippen LogP contribution in [-0.2, 0) is 19.1 Å². The van der Waals surface area contributed by atoms with Gasteiger partial charge in [0, 0.05) is 28.0 Å². The third kappa shape index (κ3) is 7.21. The quantitative estimate of drug-likeness (QED) is 0.439. The van der Waals surface area contributed by atoms with Crippen LogP contribution < -0.4 is 10.6 Å². The van der Waals surface area contributed by atoms with Gasteiger partial charge in [-0.2, -0.15) is 0 Å². The monoisotopic (exact) mass is 478 g/mol. The van der Waals surface area contributed by atoms with Crippen LogP contribution in [0.2, 0.25) is 0 Å². The summed E-state index contributed by atoms with van der Waals surface area (Å²) in [7, 11) is 0. The number of nitrogens with zero attached hydrogens (tertiary/aromatic N) is 1. The number of hydrogen-bond donors (Lipinski definition) is 1. The number of carbonyl (C=O) groups is 3. The molecule has 29 heavy (non-hydrogen) atoms. The third-order valence-electron chi connectivity index (χ3n) is 4.11. The van der Waals surface area contributed by atoms with Gasteiger partial charge >= 0.3 is 5.97 Å². The molecule has 0 spiro atoms. The van der Waals surface area contributed by atoms with Crippen LogP contribution in [0.25, 0.3) is 0 Å². The number of hydrogen-bond acceptors (Lipinski definition) is 5. The molecule has 0 fully saturated rings. The topological polar surface area (TPSA) is 89.7 Å². The second kappa shape index (κ2) is 11.0. The van der Waals surface area contributed by atoms with Crippen molar-refractivity contribution in [2.45, 2.75) is 25.2 Å². The number of para-hydroxylation sites is 1. The molecular weight excluding hydrogens is 456 g/mol. The lowest BCUT2D eigenvalue weighted by Crippen LogP contribution is -2.37. The Morgan fingerprint density at radius 1 is 1.10 bits per heavy atom. The summed E-state index contributed by atoms with van der Waals surface area (Å²) in [5.41, 5.74) is 7.95. The van der Waals surface area contributed by atoms with Crippen LogP contribution in [0.4, 0.5) is 5.69 Å². The molecule has 2 amide bonds. The molecule has 154 valence electrons. The average Bonchev–Trinajstić information content (AvgIpc) is 2.69. The van der Waals surface area contributed by atoms with Crippen molar-refractivity contribution < 1.29 is 19.1 Å². The van der Waals surface area contributed by atoms with Crippen LogP contribution in [-0.4, -0.2) is 36.7 Å². The van der Waals surface area contributed by atoms with Gasteiger partial charge in [0.2, 0.25) is 5.91 Å². The number of benzene rings is 2. The first-order chi connectivity index (χ1) is 13.8. The maximum Gasteiger partial charge on any atom is 0.316 e. The van der Waals surface area contributed by atoms with Crippen molar-refractivity contribution in [3.05, 3.63) is 58.1 Å². The van der Waals surface area contributed by atoms with Crippen LogP contribution >= 0.6 is 27.7 Å². The molecule has 0 bridgehead atoms. The number of aryl methyl sites for hydroxylation is 2. The fourth-order valence-corrected chi connectivity index (χ4v) is 3.90. The Bertz CT molecular complexity index is 890. The molecule has 0 aromatic heterocycles. The Morgan fingerprint density at radius 2 is 1.79 bits per heavy atom. The van der Waals surface area contributed by atoms with Crippen molar-refractivity contribution in [2.24, 2.45) is 5.73 Å². The maximum absolute atomic E-state index is 12.6. The Hall–Kier alpha value is -2.32. The molecular formula is C21H23BrN2O4S. The molecule has 2 aromatic carbocycles. The molecule has 0 atom stereocenters. The van der Waals surface area contributed by atoms with Gasteiger partial charge in [-0.05, 0) is 49.2 Å². The van der Waals surface area contributed by atoms with E-state index in [0.29, 0.717) is 5.69 Å². The van der Waals surface area contributed by atoms with E-state index in [1.54, 1.807) is 24.3 Å². The lowest BCUT2D eigenvalue weighted by atomic mass is 10.2. The van der Waals surface area contributed by atoms with Gasteiger partial charge in [0.15, 0.2) is 6.61 Å². The predicted molar refractivity (Wildman–Crippen MR) is 118 cm³/mol. The second-order valence-corrected chi connectivity index (χ2v) is 8.28. The second-order valence-electron chi connectivity index (χ2n) is 6.41. The molecule has 0 saturated carbocycles. The van der Waals surface area contributed by atoms with E-state index in [9.17, 15) is 14.4 Å². The summed E-state index contributed by atoms with van der Waals surface area (Å²) in [6.45, 7) is 3.68. The minimum absolute atomic E-state index is 0.0205. The predicted octanol–water partition coefficient (Wildman–Crippen LogP) is 3.61. The normalized spacial score (nSPS) is 10.4. The zero-order chi connectivity index (χ0) is 21.4. The van der Waals surface area contributed by atoms with Gasteiger partial charge in [-0.15, -0.1) is 11.8 Å². The number of anilines is 1. The maximum atomic E-state index is 12.6. The van der Waals surface area contributed by atoms with Crippen molar-refractivity contribution in [3.8, 4) is 0 Å². The zero-order valence-corrected chi connectivity index (χ0v) is 18.7. The third-order valence-corrected chi connectivity index (χ3v) is 6.09. The summed E-state index contributed by atoms with van der Waals surface area (Å²) in [5, 5.41) is 0. The molecule has 2 rings (SSSR count). The fourth-order valence-electron chi connectivity index (χ4n) is 2.54. The van der Waals surface area contributed by atoms with Gasteiger partial charge in [-0.3, -0.25) is 14.4 Å². The van der Waals surface area contributed by atoms with Gasteiger partial charge in [0.1, 0.15) is 0 Å². The number of ether oxygens (including phenoxy) is 1. The number of halogens is 1. The van der Waals surface area contributed by atoms with E-state index in [-0.39, 0.29) is 18.7 Å². The van der Waals surface area contributed by atoms with Crippen molar-refractivity contribution in [2.75, 3.05) is 23.8 Å². The first-order valence-corrected chi connectivity index (χ1v) is 10.7. The number of carbonyl (C=O) groups excluding carboxylic acids is 3. The van der Waals surface area contributed by atoms with Crippen LogP contribution in [0.1, 0.15) is 17.5 Å². The van der Waals surface area contributed by atoms with Crippen LogP contribution in [0.5, 0.6) is 0 Å². The molecule has 0 saturated heterocycles.